The monoisotopic (exact) mass is 131 g/mol. The highest BCUT2D eigenvalue weighted by Gasteiger charge is 2.03. The molecule has 3 nitrogen and oxygen atoms in total. The van der Waals surface area contributed by atoms with Crippen molar-refractivity contribution in [2.45, 2.75) is 26.4 Å². The Morgan fingerprint density at radius 3 is 2.67 bits per heavy atom. The Labute approximate surface area is 55.2 Å². The molecule has 1 unspecified atom stereocenters. The third-order valence-electron chi connectivity index (χ3n) is 0.953. The van der Waals surface area contributed by atoms with Gasteiger partial charge in [-0.2, -0.15) is 0 Å². The van der Waals surface area contributed by atoms with Gasteiger partial charge in [0, 0.05) is 13.0 Å². The maximum Gasteiger partial charge on any atom is 0.305 e. The molecule has 0 aromatic heterocycles. The zero-order chi connectivity index (χ0) is 7.28. The Bertz CT molecular complexity index is 93.1. The zero-order valence-corrected chi connectivity index (χ0v) is 5.89. The minimum Gasteiger partial charge on any atom is -0.461 e. The van der Waals surface area contributed by atoms with Gasteiger partial charge < -0.3 is 10.5 Å². The van der Waals surface area contributed by atoms with E-state index in [4.69, 9.17) is 10.5 Å². The van der Waals surface area contributed by atoms with Gasteiger partial charge in [-0.1, -0.05) is 6.92 Å². The summed E-state index contributed by atoms with van der Waals surface area (Å²) in [7, 11) is 0. The van der Waals surface area contributed by atoms with Gasteiger partial charge in [0.25, 0.3) is 0 Å². The van der Waals surface area contributed by atoms with Crippen molar-refractivity contribution >= 4 is 5.97 Å². The van der Waals surface area contributed by atoms with E-state index in [1.807, 2.05) is 0 Å². The average molecular weight is 131 g/mol. The summed E-state index contributed by atoms with van der Waals surface area (Å²) in [6, 6.07) is 0. The van der Waals surface area contributed by atoms with Gasteiger partial charge in [0.2, 0.25) is 0 Å². The zero-order valence-electron chi connectivity index (χ0n) is 5.89. The van der Waals surface area contributed by atoms with Gasteiger partial charge in [-0.05, 0) is 6.92 Å². The molecule has 0 bridgehead atoms. The molecular weight excluding hydrogens is 118 g/mol. The molecule has 0 aliphatic rings. The molecule has 3 heteroatoms. The van der Waals surface area contributed by atoms with Crippen LogP contribution in [0, 0.1) is 0 Å². The predicted octanol–water partition coefficient (Wildman–Crippen LogP) is 0.287. The van der Waals surface area contributed by atoms with E-state index in [-0.39, 0.29) is 12.1 Å². The van der Waals surface area contributed by atoms with Crippen LogP contribution in [-0.2, 0) is 9.53 Å². The Hall–Kier alpha value is -0.570. The van der Waals surface area contributed by atoms with E-state index < -0.39 is 0 Å². The topological polar surface area (TPSA) is 52.3 Å². The molecule has 0 fully saturated rings. The first-order valence-electron chi connectivity index (χ1n) is 3.10. The number of ether oxygens (including phenoxy) is 1. The Kier molecular flexibility index (Phi) is 4.05. The molecular formula is C6H13NO2. The number of rotatable bonds is 3. The average Bonchev–Trinajstić information content (AvgIpc) is 1.87. The summed E-state index contributed by atoms with van der Waals surface area (Å²) in [4.78, 5) is 10.5. The minimum atomic E-state index is -0.187. The van der Waals surface area contributed by atoms with Gasteiger partial charge in [-0.3, -0.25) is 4.79 Å². The maximum absolute atomic E-state index is 10.5. The molecule has 9 heavy (non-hydrogen) atoms. The van der Waals surface area contributed by atoms with Crippen LogP contribution in [0.15, 0.2) is 0 Å². The summed E-state index contributed by atoms with van der Waals surface area (Å²) in [5.74, 6) is -0.187. The van der Waals surface area contributed by atoms with Crippen LogP contribution in [-0.4, -0.2) is 18.6 Å². The van der Waals surface area contributed by atoms with E-state index in [9.17, 15) is 4.79 Å². The van der Waals surface area contributed by atoms with Gasteiger partial charge in [0.05, 0.1) is 0 Å². The second-order valence-corrected chi connectivity index (χ2v) is 1.89. The van der Waals surface area contributed by atoms with E-state index in [1.165, 1.54) is 0 Å². The molecule has 0 radical (unpaired) electrons. The molecule has 0 rings (SSSR count). The first-order chi connectivity index (χ1) is 4.20. The van der Waals surface area contributed by atoms with Crippen molar-refractivity contribution < 1.29 is 9.53 Å². The molecule has 0 spiro atoms. The molecule has 0 aromatic carbocycles. The molecule has 0 amide bonds. The molecule has 0 saturated heterocycles. The highest BCUT2D eigenvalue weighted by molar-refractivity contribution is 5.69. The lowest BCUT2D eigenvalue weighted by Gasteiger charge is -2.08. The van der Waals surface area contributed by atoms with E-state index >= 15 is 0 Å². The quantitative estimate of drug-likeness (QED) is 0.560. The minimum absolute atomic E-state index is 0.141. The summed E-state index contributed by atoms with van der Waals surface area (Å²) in [6.45, 7) is 3.92. The van der Waals surface area contributed by atoms with E-state index in [2.05, 4.69) is 0 Å². The number of carbonyl (C=O) groups excluding carboxylic acids is 1. The largest absolute Gasteiger partial charge is 0.461 e. The highest BCUT2D eigenvalue weighted by atomic mass is 16.5. The molecule has 0 aliphatic carbocycles. The van der Waals surface area contributed by atoms with Gasteiger partial charge in [0.15, 0.2) is 0 Å². The summed E-state index contributed by atoms with van der Waals surface area (Å²) >= 11 is 0. The first-order valence-corrected chi connectivity index (χ1v) is 3.10. The number of esters is 1. The molecule has 2 N–H and O–H groups in total. The van der Waals surface area contributed by atoms with Crippen molar-refractivity contribution in [3.05, 3.63) is 0 Å². The summed E-state index contributed by atoms with van der Waals surface area (Å²) in [5.41, 5.74) is 5.20. The summed E-state index contributed by atoms with van der Waals surface area (Å²) < 4.78 is 4.78. The number of hydrogen-bond acceptors (Lipinski definition) is 3. The lowest BCUT2D eigenvalue weighted by Crippen LogP contribution is -2.22. The lowest BCUT2D eigenvalue weighted by atomic mass is 10.4. The fourth-order valence-electron chi connectivity index (χ4n) is 0.356. The van der Waals surface area contributed by atoms with Gasteiger partial charge in [-0.25, -0.2) is 0 Å². The van der Waals surface area contributed by atoms with Crippen molar-refractivity contribution in [1.29, 1.82) is 0 Å². The standard InChI is InChI=1S/C6H13NO2/c1-3-6(8)9-5(2)4-7/h5H,3-4,7H2,1-2H3. The summed E-state index contributed by atoms with van der Waals surface area (Å²) in [6.07, 6.45) is 0.280. The maximum atomic E-state index is 10.5. The van der Waals surface area contributed by atoms with Gasteiger partial charge in [-0.15, -0.1) is 0 Å². The normalized spacial score (nSPS) is 12.8. The number of carbonyl (C=O) groups is 1. The molecule has 54 valence electrons. The van der Waals surface area contributed by atoms with Crippen molar-refractivity contribution in [2.75, 3.05) is 6.54 Å². The fraction of sp³-hybridized carbons (Fsp3) is 0.833. The van der Waals surface area contributed by atoms with Crippen molar-refractivity contribution in [2.24, 2.45) is 5.73 Å². The molecule has 0 aliphatic heterocycles. The Balaban J connectivity index is 3.34. The lowest BCUT2D eigenvalue weighted by molar-refractivity contribution is -0.147. The molecule has 1 atom stereocenters. The number of hydrogen-bond donors (Lipinski definition) is 1. The van der Waals surface area contributed by atoms with Crippen LogP contribution in [0.25, 0.3) is 0 Å². The van der Waals surface area contributed by atoms with Crippen LogP contribution in [0.2, 0.25) is 0 Å². The van der Waals surface area contributed by atoms with E-state index in [1.54, 1.807) is 13.8 Å². The number of nitrogens with two attached hydrogens (primary N) is 1. The first kappa shape index (κ1) is 8.43. The SMILES string of the molecule is CCC(=O)OC(C)CN. The van der Waals surface area contributed by atoms with Crippen LogP contribution < -0.4 is 5.73 Å². The van der Waals surface area contributed by atoms with Crippen LogP contribution in [0.5, 0.6) is 0 Å². The Morgan fingerprint density at radius 1 is 1.78 bits per heavy atom. The van der Waals surface area contributed by atoms with Crippen molar-refractivity contribution in [3.8, 4) is 0 Å². The molecule has 0 heterocycles. The summed E-state index contributed by atoms with van der Waals surface area (Å²) in [5, 5.41) is 0. The highest BCUT2D eigenvalue weighted by Crippen LogP contribution is 1.90. The van der Waals surface area contributed by atoms with Gasteiger partial charge in [0.1, 0.15) is 6.10 Å². The smallest absolute Gasteiger partial charge is 0.305 e. The third-order valence-corrected chi connectivity index (χ3v) is 0.953. The molecule has 0 saturated carbocycles. The Morgan fingerprint density at radius 2 is 2.33 bits per heavy atom. The van der Waals surface area contributed by atoms with Crippen molar-refractivity contribution in [3.63, 3.8) is 0 Å². The van der Waals surface area contributed by atoms with Crippen molar-refractivity contribution in [1.82, 2.24) is 0 Å². The fourth-order valence-corrected chi connectivity index (χ4v) is 0.356. The second kappa shape index (κ2) is 4.32. The third kappa shape index (κ3) is 3.97. The molecule has 0 aromatic rings. The van der Waals surface area contributed by atoms with Crippen LogP contribution in [0.3, 0.4) is 0 Å². The van der Waals surface area contributed by atoms with Gasteiger partial charge >= 0.3 is 5.97 Å². The van der Waals surface area contributed by atoms with E-state index in [0.29, 0.717) is 13.0 Å². The van der Waals surface area contributed by atoms with Crippen LogP contribution >= 0.6 is 0 Å². The van der Waals surface area contributed by atoms with Crippen LogP contribution in [0.4, 0.5) is 0 Å². The predicted molar refractivity (Wildman–Crippen MR) is 34.9 cm³/mol. The van der Waals surface area contributed by atoms with Crippen LogP contribution in [0.1, 0.15) is 20.3 Å². The second-order valence-electron chi connectivity index (χ2n) is 1.89. The van der Waals surface area contributed by atoms with E-state index in [0.717, 1.165) is 0 Å².